The average Bonchev–Trinajstić information content (AvgIpc) is 3.35. The summed E-state index contributed by atoms with van der Waals surface area (Å²) in [5, 5.41) is 0. The van der Waals surface area contributed by atoms with E-state index in [1.165, 1.54) is 102 Å². The third kappa shape index (κ3) is 10.1. The van der Waals surface area contributed by atoms with Crippen molar-refractivity contribution < 1.29 is 0 Å². The molecule has 0 aromatic rings. The number of likely N-dealkylation sites (tertiary alicyclic amines) is 2. The van der Waals surface area contributed by atoms with Crippen LogP contribution in [0.5, 0.6) is 0 Å². The zero-order valence-electron chi connectivity index (χ0n) is 15.7. The molecule has 0 radical (unpaired) electrons. The average molecular weight is 469 g/mol. The van der Waals surface area contributed by atoms with Crippen molar-refractivity contribution in [3.63, 3.8) is 0 Å². The molecule has 0 saturated carbocycles. The fourth-order valence-electron chi connectivity index (χ4n) is 3.12. The molecule has 26 heavy (non-hydrogen) atoms. The van der Waals surface area contributed by atoms with Crippen LogP contribution in [0.3, 0.4) is 0 Å². The van der Waals surface area contributed by atoms with Crippen LogP contribution >= 0.6 is 67.6 Å². The second-order valence-corrected chi connectivity index (χ2v) is 13.0. The molecule has 0 aromatic heterocycles. The Hall–Kier alpha value is 1.18. The van der Waals surface area contributed by atoms with Crippen LogP contribution in [0.25, 0.3) is 0 Å². The minimum Gasteiger partial charge on any atom is -0.357 e. The van der Waals surface area contributed by atoms with Gasteiger partial charge >= 0.3 is 0 Å². The van der Waals surface area contributed by atoms with Gasteiger partial charge in [0.25, 0.3) is 0 Å². The highest BCUT2D eigenvalue weighted by molar-refractivity contribution is 8.84. The summed E-state index contributed by atoms with van der Waals surface area (Å²) in [5.74, 6) is 2.47. The van der Waals surface area contributed by atoms with E-state index in [-0.39, 0.29) is 0 Å². The summed E-state index contributed by atoms with van der Waals surface area (Å²) in [5.41, 5.74) is 0. The van der Waals surface area contributed by atoms with Gasteiger partial charge < -0.3 is 9.80 Å². The molecule has 0 bridgehead atoms. The van der Waals surface area contributed by atoms with Crippen molar-refractivity contribution in [1.29, 1.82) is 0 Å². The first-order valence-electron chi connectivity index (χ1n) is 9.94. The van der Waals surface area contributed by atoms with Crippen LogP contribution in [-0.2, 0) is 0 Å². The third-order valence-electron chi connectivity index (χ3n) is 4.69. The molecule has 2 heterocycles. The summed E-state index contributed by atoms with van der Waals surface area (Å²) in [4.78, 5) is 4.72. The lowest BCUT2D eigenvalue weighted by atomic mass is 10.1. The lowest BCUT2D eigenvalue weighted by Gasteiger charge is -2.16. The molecule has 2 aliphatic heterocycles. The van der Waals surface area contributed by atoms with E-state index in [0.717, 1.165) is 8.64 Å². The fraction of sp³-hybridized carbons (Fsp3) is 0.889. The monoisotopic (exact) mass is 468 g/mol. The van der Waals surface area contributed by atoms with Gasteiger partial charge in [0.2, 0.25) is 0 Å². The molecule has 0 spiro atoms. The fourth-order valence-corrected chi connectivity index (χ4v) is 8.38. The lowest BCUT2D eigenvalue weighted by molar-refractivity contribution is 0.539. The molecule has 0 N–H and O–H groups in total. The summed E-state index contributed by atoms with van der Waals surface area (Å²) in [6.45, 7) is 4.70. The van der Waals surface area contributed by atoms with Crippen LogP contribution in [0.2, 0.25) is 0 Å². The Morgan fingerprint density at radius 3 is 1.31 bits per heavy atom. The van der Waals surface area contributed by atoms with E-state index in [0.29, 0.717) is 0 Å². The number of hydrogen-bond donors (Lipinski definition) is 0. The third-order valence-corrected chi connectivity index (χ3v) is 10.9. The number of thiocarbonyl (C=S) groups is 2. The molecule has 0 aromatic carbocycles. The molecule has 0 amide bonds. The molecule has 2 nitrogen and oxygen atoms in total. The van der Waals surface area contributed by atoms with E-state index < -0.39 is 0 Å². The van der Waals surface area contributed by atoms with Gasteiger partial charge in [-0.25, -0.2) is 0 Å². The summed E-state index contributed by atoms with van der Waals surface area (Å²) in [7, 11) is 7.53. The maximum Gasteiger partial charge on any atom is 0.147 e. The van der Waals surface area contributed by atoms with Crippen LogP contribution in [0.4, 0.5) is 0 Å². The van der Waals surface area contributed by atoms with E-state index in [1.54, 1.807) is 0 Å². The highest BCUT2D eigenvalue weighted by atomic mass is 33.1. The molecular formula is C18H32N2S6. The maximum absolute atomic E-state index is 5.48. The largest absolute Gasteiger partial charge is 0.357 e. The van der Waals surface area contributed by atoms with Crippen molar-refractivity contribution in [2.75, 3.05) is 37.7 Å². The van der Waals surface area contributed by atoms with Crippen molar-refractivity contribution in [2.45, 2.75) is 64.2 Å². The molecule has 2 rings (SSSR count). The van der Waals surface area contributed by atoms with E-state index in [1.807, 2.05) is 43.2 Å². The topological polar surface area (TPSA) is 6.48 Å². The van der Waals surface area contributed by atoms with E-state index in [2.05, 4.69) is 9.80 Å². The van der Waals surface area contributed by atoms with E-state index in [9.17, 15) is 0 Å². The van der Waals surface area contributed by atoms with Gasteiger partial charge in [-0.05, 0) is 60.1 Å². The predicted octanol–water partition coefficient (Wildman–Crippen LogP) is 6.85. The number of rotatable bonds is 11. The second kappa shape index (κ2) is 15.1. The van der Waals surface area contributed by atoms with Gasteiger partial charge in [-0.3, -0.25) is 0 Å². The number of nitrogens with zero attached hydrogens (tertiary/aromatic N) is 2. The molecule has 150 valence electrons. The SMILES string of the molecule is S=C(SSCCCCCCCCSSC(=S)N1CCCC1)N1CCCC1. The van der Waals surface area contributed by atoms with Crippen molar-refractivity contribution in [1.82, 2.24) is 9.80 Å². The van der Waals surface area contributed by atoms with Crippen LogP contribution < -0.4 is 0 Å². The summed E-state index contributed by atoms with van der Waals surface area (Å²) in [6.07, 6.45) is 13.4. The van der Waals surface area contributed by atoms with Crippen molar-refractivity contribution in [2.24, 2.45) is 0 Å². The molecule has 0 aliphatic carbocycles. The van der Waals surface area contributed by atoms with E-state index in [4.69, 9.17) is 24.4 Å². The van der Waals surface area contributed by atoms with Gasteiger partial charge in [0.15, 0.2) is 0 Å². The summed E-state index contributed by atoms with van der Waals surface area (Å²) < 4.78 is 2.21. The Morgan fingerprint density at radius 2 is 0.923 bits per heavy atom. The Labute approximate surface area is 186 Å². The molecule has 2 aliphatic rings. The van der Waals surface area contributed by atoms with Gasteiger partial charge in [0.1, 0.15) is 8.64 Å². The Balaban J connectivity index is 1.29. The number of unbranched alkanes of at least 4 members (excludes halogenated alkanes) is 5. The predicted molar refractivity (Wildman–Crippen MR) is 135 cm³/mol. The first-order valence-corrected chi connectivity index (χ1v) is 15.4. The quantitative estimate of drug-likeness (QED) is 0.182. The van der Waals surface area contributed by atoms with Crippen LogP contribution in [0.15, 0.2) is 0 Å². The first kappa shape index (κ1) is 23.5. The standard InChI is InChI=1S/C18H32N2S6/c21-17(19-11-5-6-12-19)25-23-15-9-3-1-2-4-10-16-24-26-18(22)20-13-7-8-14-20/h1-16H2. The highest BCUT2D eigenvalue weighted by Crippen LogP contribution is 2.29. The molecular weight excluding hydrogens is 437 g/mol. The second-order valence-electron chi connectivity index (χ2n) is 6.85. The normalized spacial score (nSPS) is 17.2. The summed E-state index contributed by atoms with van der Waals surface area (Å²) >= 11 is 11.0. The minimum atomic E-state index is 1.10. The highest BCUT2D eigenvalue weighted by Gasteiger charge is 2.15. The smallest absolute Gasteiger partial charge is 0.147 e. The lowest BCUT2D eigenvalue weighted by Crippen LogP contribution is -2.22. The zero-order chi connectivity index (χ0) is 18.5. The maximum atomic E-state index is 5.48. The molecule has 2 fully saturated rings. The molecule has 0 atom stereocenters. The molecule has 0 unspecified atom stereocenters. The number of hydrogen-bond acceptors (Lipinski definition) is 6. The van der Waals surface area contributed by atoms with E-state index >= 15 is 0 Å². The van der Waals surface area contributed by atoms with Crippen LogP contribution in [0, 0.1) is 0 Å². The van der Waals surface area contributed by atoms with Crippen LogP contribution in [-0.4, -0.2) is 56.1 Å². The van der Waals surface area contributed by atoms with Crippen molar-refractivity contribution >= 4 is 76.3 Å². The molecule has 8 heteroatoms. The van der Waals surface area contributed by atoms with Crippen LogP contribution in [0.1, 0.15) is 64.2 Å². The summed E-state index contributed by atoms with van der Waals surface area (Å²) in [6, 6.07) is 0. The molecule has 2 saturated heterocycles. The Morgan fingerprint density at radius 1 is 0.577 bits per heavy atom. The van der Waals surface area contributed by atoms with Crippen molar-refractivity contribution in [3.05, 3.63) is 0 Å². The van der Waals surface area contributed by atoms with Gasteiger partial charge in [-0.1, -0.05) is 71.7 Å². The Bertz CT molecular complexity index is 370. The first-order chi connectivity index (χ1) is 12.8. The zero-order valence-corrected chi connectivity index (χ0v) is 20.6. The van der Waals surface area contributed by atoms with Gasteiger partial charge in [-0.2, -0.15) is 0 Å². The van der Waals surface area contributed by atoms with Gasteiger partial charge in [0, 0.05) is 37.7 Å². The van der Waals surface area contributed by atoms with Gasteiger partial charge in [-0.15, -0.1) is 0 Å². The van der Waals surface area contributed by atoms with Gasteiger partial charge in [0.05, 0.1) is 0 Å². The van der Waals surface area contributed by atoms with Crippen molar-refractivity contribution in [3.8, 4) is 0 Å². The Kier molecular flexibility index (Phi) is 13.6. The minimum absolute atomic E-state index is 1.10.